The van der Waals surface area contributed by atoms with Crippen molar-refractivity contribution in [3.05, 3.63) is 18.2 Å². The molecule has 5 nitrogen and oxygen atoms in total. The van der Waals surface area contributed by atoms with Crippen LogP contribution in [0.4, 0.5) is 14.5 Å². The second kappa shape index (κ2) is 9.12. The fraction of sp³-hybridized carbons (Fsp3) is 0.500. The molecule has 0 unspecified atom stereocenters. The van der Waals surface area contributed by atoms with Gasteiger partial charge in [0.1, 0.15) is 0 Å². The van der Waals surface area contributed by atoms with Crippen LogP contribution in [0.5, 0.6) is 11.5 Å². The van der Waals surface area contributed by atoms with Crippen LogP contribution in [0.15, 0.2) is 18.2 Å². The zero-order chi connectivity index (χ0) is 15.7. The highest BCUT2D eigenvalue weighted by atomic mass is 19.3. The van der Waals surface area contributed by atoms with Crippen molar-refractivity contribution in [3.63, 3.8) is 0 Å². The van der Waals surface area contributed by atoms with Gasteiger partial charge in [0, 0.05) is 18.2 Å². The number of hydrogen-bond donors (Lipinski definition) is 2. The first-order valence-electron chi connectivity index (χ1n) is 6.69. The van der Waals surface area contributed by atoms with Gasteiger partial charge in [0.2, 0.25) is 5.91 Å². The van der Waals surface area contributed by atoms with E-state index in [9.17, 15) is 13.6 Å². The lowest BCUT2D eigenvalue weighted by Gasteiger charge is -2.12. The van der Waals surface area contributed by atoms with Gasteiger partial charge >= 0.3 is 6.61 Å². The number of nitrogens with one attached hydrogen (secondary N) is 1. The number of nitrogens with two attached hydrogens (primary N) is 1. The summed E-state index contributed by atoms with van der Waals surface area (Å²) in [6.07, 6.45) is 2.85. The van der Waals surface area contributed by atoms with Gasteiger partial charge in [-0.3, -0.25) is 4.79 Å². The fourth-order valence-electron chi connectivity index (χ4n) is 1.77. The Labute approximate surface area is 122 Å². The molecule has 7 heteroatoms. The van der Waals surface area contributed by atoms with Crippen molar-refractivity contribution in [2.75, 3.05) is 19.0 Å². The van der Waals surface area contributed by atoms with E-state index in [2.05, 4.69) is 10.1 Å². The quantitative estimate of drug-likeness (QED) is 0.688. The molecule has 1 aromatic rings. The van der Waals surface area contributed by atoms with Gasteiger partial charge in [-0.05, 0) is 31.5 Å². The van der Waals surface area contributed by atoms with Gasteiger partial charge in [-0.15, -0.1) is 0 Å². The van der Waals surface area contributed by atoms with E-state index in [-0.39, 0.29) is 17.4 Å². The summed E-state index contributed by atoms with van der Waals surface area (Å²) in [7, 11) is 1.35. The smallest absolute Gasteiger partial charge is 0.387 e. The largest absolute Gasteiger partial charge is 0.493 e. The summed E-state index contributed by atoms with van der Waals surface area (Å²) in [4.78, 5) is 11.7. The molecule has 0 atom stereocenters. The Bertz CT molecular complexity index is 456. The molecule has 0 heterocycles. The van der Waals surface area contributed by atoms with Crippen LogP contribution in [0.25, 0.3) is 0 Å². The first-order valence-corrected chi connectivity index (χ1v) is 6.69. The van der Waals surface area contributed by atoms with Gasteiger partial charge in [-0.2, -0.15) is 8.78 Å². The van der Waals surface area contributed by atoms with E-state index in [0.29, 0.717) is 18.7 Å². The zero-order valence-electron chi connectivity index (χ0n) is 11.9. The number of hydrogen-bond acceptors (Lipinski definition) is 4. The van der Waals surface area contributed by atoms with Crippen molar-refractivity contribution in [3.8, 4) is 11.5 Å². The minimum atomic E-state index is -2.96. The molecule has 1 amide bonds. The molecule has 0 radical (unpaired) electrons. The number of amides is 1. The van der Waals surface area contributed by atoms with E-state index in [0.717, 1.165) is 19.3 Å². The molecule has 0 spiro atoms. The van der Waals surface area contributed by atoms with Gasteiger partial charge in [-0.25, -0.2) is 0 Å². The van der Waals surface area contributed by atoms with Gasteiger partial charge in [0.05, 0.1) is 7.11 Å². The standard InChI is InChI=1S/C14H20F2N2O3/c1-20-11-7-6-10(9-12(11)21-14(15)16)18-13(19)5-3-2-4-8-17/h6-7,9,14H,2-5,8,17H2,1H3,(H,18,19). The molecule has 0 aliphatic heterocycles. The summed E-state index contributed by atoms with van der Waals surface area (Å²) in [6, 6.07) is 4.33. The van der Waals surface area contributed by atoms with Crippen LogP contribution in [-0.2, 0) is 4.79 Å². The van der Waals surface area contributed by atoms with Crippen molar-refractivity contribution in [2.45, 2.75) is 32.3 Å². The lowest BCUT2D eigenvalue weighted by molar-refractivity contribution is -0.116. The number of rotatable bonds is 9. The first kappa shape index (κ1) is 17.2. The molecule has 1 rings (SSSR count). The SMILES string of the molecule is COc1ccc(NC(=O)CCCCCN)cc1OC(F)F. The number of benzene rings is 1. The maximum absolute atomic E-state index is 12.3. The summed E-state index contributed by atoms with van der Waals surface area (Å²) >= 11 is 0. The third-order valence-corrected chi connectivity index (χ3v) is 2.77. The van der Waals surface area contributed by atoms with Gasteiger partial charge in [-0.1, -0.05) is 6.42 Å². The van der Waals surface area contributed by atoms with E-state index in [1.165, 1.54) is 19.2 Å². The minimum Gasteiger partial charge on any atom is -0.493 e. The fourth-order valence-corrected chi connectivity index (χ4v) is 1.77. The topological polar surface area (TPSA) is 73.6 Å². The Morgan fingerprint density at radius 1 is 1.29 bits per heavy atom. The molecule has 0 aromatic heterocycles. The average Bonchev–Trinajstić information content (AvgIpc) is 2.43. The lowest BCUT2D eigenvalue weighted by Crippen LogP contribution is -2.12. The lowest BCUT2D eigenvalue weighted by atomic mass is 10.2. The molecular weight excluding hydrogens is 282 g/mol. The monoisotopic (exact) mass is 302 g/mol. The third-order valence-electron chi connectivity index (χ3n) is 2.77. The maximum Gasteiger partial charge on any atom is 0.387 e. The van der Waals surface area contributed by atoms with Crippen molar-refractivity contribution in [2.24, 2.45) is 5.73 Å². The highest BCUT2D eigenvalue weighted by Crippen LogP contribution is 2.31. The zero-order valence-corrected chi connectivity index (χ0v) is 11.9. The predicted octanol–water partition coefficient (Wildman–Crippen LogP) is 2.75. The summed E-state index contributed by atoms with van der Waals surface area (Å²) in [6.45, 7) is -2.35. The number of unbranched alkanes of at least 4 members (excludes halogenated alkanes) is 2. The highest BCUT2D eigenvalue weighted by Gasteiger charge is 2.12. The average molecular weight is 302 g/mol. The van der Waals surface area contributed by atoms with Crippen LogP contribution in [0, 0.1) is 0 Å². The number of carbonyl (C=O) groups is 1. The molecule has 21 heavy (non-hydrogen) atoms. The maximum atomic E-state index is 12.3. The predicted molar refractivity (Wildman–Crippen MR) is 75.8 cm³/mol. The molecule has 0 fully saturated rings. The van der Waals surface area contributed by atoms with Crippen LogP contribution in [0.1, 0.15) is 25.7 Å². The van der Waals surface area contributed by atoms with Crippen LogP contribution in [-0.4, -0.2) is 26.2 Å². The third kappa shape index (κ3) is 6.40. The number of carbonyl (C=O) groups excluding carboxylic acids is 1. The van der Waals surface area contributed by atoms with Crippen LogP contribution < -0.4 is 20.5 Å². The van der Waals surface area contributed by atoms with Crippen LogP contribution in [0.3, 0.4) is 0 Å². The van der Waals surface area contributed by atoms with Gasteiger partial charge in [0.25, 0.3) is 0 Å². The summed E-state index contributed by atoms with van der Waals surface area (Å²) in [5.74, 6) is -0.120. The van der Waals surface area contributed by atoms with Gasteiger partial charge in [0.15, 0.2) is 11.5 Å². The molecule has 3 N–H and O–H groups in total. The number of ether oxygens (including phenoxy) is 2. The van der Waals surface area contributed by atoms with Gasteiger partial charge < -0.3 is 20.5 Å². The Kier molecular flexibility index (Phi) is 7.45. The Morgan fingerprint density at radius 2 is 2.05 bits per heavy atom. The second-order valence-electron chi connectivity index (χ2n) is 4.39. The Balaban J connectivity index is 2.60. The Morgan fingerprint density at radius 3 is 2.67 bits per heavy atom. The minimum absolute atomic E-state index is 0.117. The molecule has 1 aromatic carbocycles. The van der Waals surface area contributed by atoms with Crippen molar-refractivity contribution in [1.82, 2.24) is 0 Å². The summed E-state index contributed by atoms with van der Waals surface area (Å²) < 4.78 is 33.9. The molecule has 0 aliphatic carbocycles. The number of halogens is 2. The van der Waals surface area contributed by atoms with Crippen molar-refractivity contribution in [1.29, 1.82) is 0 Å². The molecule has 0 saturated heterocycles. The van der Waals surface area contributed by atoms with E-state index in [4.69, 9.17) is 10.5 Å². The summed E-state index contributed by atoms with van der Waals surface area (Å²) in [5.41, 5.74) is 5.75. The number of methoxy groups -OCH3 is 1. The molecule has 0 aliphatic rings. The van der Waals surface area contributed by atoms with Crippen molar-refractivity contribution >= 4 is 11.6 Å². The van der Waals surface area contributed by atoms with E-state index >= 15 is 0 Å². The van der Waals surface area contributed by atoms with Crippen molar-refractivity contribution < 1.29 is 23.0 Å². The summed E-state index contributed by atoms with van der Waals surface area (Å²) in [5, 5.41) is 2.63. The van der Waals surface area contributed by atoms with E-state index < -0.39 is 6.61 Å². The molecule has 118 valence electrons. The molecule has 0 bridgehead atoms. The Hall–Kier alpha value is -1.89. The molecular formula is C14H20F2N2O3. The normalized spacial score (nSPS) is 10.5. The van der Waals surface area contributed by atoms with Crippen LogP contribution >= 0.6 is 0 Å². The van der Waals surface area contributed by atoms with Crippen LogP contribution in [0.2, 0.25) is 0 Å². The highest BCUT2D eigenvalue weighted by molar-refractivity contribution is 5.91. The first-order chi connectivity index (χ1) is 10.1. The second-order valence-corrected chi connectivity index (χ2v) is 4.39. The number of alkyl halides is 2. The number of anilines is 1. The van der Waals surface area contributed by atoms with E-state index in [1.54, 1.807) is 6.07 Å². The van der Waals surface area contributed by atoms with E-state index in [1.807, 2.05) is 0 Å². The molecule has 0 saturated carbocycles.